The highest BCUT2D eigenvalue weighted by atomic mass is 16.5. The molecule has 0 saturated carbocycles. The van der Waals surface area contributed by atoms with E-state index in [9.17, 15) is 0 Å². The Kier molecular flexibility index (Phi) is 4.48. The third-order valence-electron chi connectivity index (χ3n) is 4.07. The van der Waals surface area contributed by atoms with Crippen molar-refractivity contribution in [3.63, 3.8) is 0 Å². The fourth-order valence-electron chi connectivity index (χ4n) is 3.00. The summed E-state index contributed by atoms with van der Waals surface area (Å²) in [5.41, 5.74) is 5.29. The lowest BCUT2D eigenvalue weighted by atomic mass is 10.1. The van der Waals surface area contributed by atoms with Gasteiger partial charge in [-0.2, -0.15) is 0 Å². The maximum atomic E-state index is 6.01. The SMILES string of the molecule is CC(C)=CCOc1cc(C)cc2c1CN(CC1=NCCN1)C2. The smallest absolute Gasteiger partial charge is 0.124 e. The molecule has 0 fully saturated rings. The molecule has 0 bridgehead atoms. The molecule has 118 valence electrons. The molecule has 0 aromatic heterocycles. The van der Waals surface area contributed by atoms with Gasteiger partial charge in [0.05, 0.1) is 13.1 Å². The maximum absolute atomic E-state index is 6.01. The summed E-state index contributed by atoms with van der Waals surface area (Å²) in [5, 5.41) is 3.35. The molecule has 0 atom stereocenters. The van der Waals surface area contributed by atoms with Gasteiger partial charge in [0.15, 0.2) is 0 Å². The Morgan fingerprint density at radius 2 is 2.23 bits per heavy atom. The van der Waals surface area contributed by atoms with Crippen molar-refractivity contribution in [2.45, 2.75) is 33.9 Å². The lowest BCUT2D eigenvalue weighted by molar-refractivity contribution is 0.315. The number of benzene rings is 1. The molecule has 0 amide bonds. The molecule has 4 heteroatoms. The third-order valence-corrected chi connectivity index (χ3v) is 4.07. The Bertz CT molecular complexity index is 615. The fraction of sp³-hybridized carbons (Fsp3) is 0.500. The number of nitrogens with zero attached hydrogens (tertiary/aromatic N) is 2. The minimum Gasteiger partial charge on any atom is -0.489 e. The number of rotatable bonds is 5. The van der Waals surface area contributed by atoms with Crippen LogP contribution in [0.3, 0.4) is 0 Å². The standard InChI is InChI=1S/C18H25N3O/c1-13(2)4-7-22-17-9-14(3)8-15-10-21(11-16(15)17)12-18-19-5-6-20-18/h4,8-9H,5-7,10-12H2,1-3H3,(H,19,20). The molecule has 0 saturated heterocycles. The van der Waals surface area contributed by atoms with E-state index in [1.165, 1.54) is 22.3 Å². The number of allylic oxidation sites excluding steroid dienone is 1. The third kappa shape index (κ3) is 3.50. The van der Waals surface area contributed by atoms with Crippen LogP contribution in [0.2, 0.25) is 0 Å². The fourth-order valence-corrected chi connectivity index (χ4v) is 3.00. The van der Waals surface area contributed by atoms with E-state index in [4.69, 9.17) is 4.74 Å². The summed E-state index contributed by atoms with van der Waals surface area (Å²) in [5.74, 6) is 2.16. The second-order valence-electron chi connectivity index (χ2n) is 6.39. The summed E-state index contributed by atoms with van der Waals surface area (Å²) in [4.78, 5) is 6.92. The van der Waals surface area contributed by atoms with Crippen LogP contribution in [-0.4, -0.2) is 37.0 Å². The molecule has 1 aromatic rings. The van der Waals surface area contributed by atoms with Gasteiger partial charge in [-0.15, -0.1) is 0 Å². The lowest BCUT2D eigenvalue weighted by Crippen LogP contribution is -2.31. The molecule has 0 radical (unpaired) electrons. The number of nitrogens with one attached hydrogen (secondary N) is 1. The second-order valence-corrected chi connectivity index (χ2v) is 6.39. The highest BCUT2D eigenvalue weighted by Crippen LogP contribution is 2.32. The summed E-state index contributed by atoms with van der Waals surface area (Å²) in [6.07, 6.45) is 2.12. The number of hydrogen-bond donors (Lipinski definition) is 1. The topological polar surface area (TPSA) is 36.9 Å². The molecule has 0 aliphatic carbocycles. The van der Waals surface area contributed by atoms with Crippen LogP contribution < -0.4 is 10.1 Å². The molecule has 1 N–H and O–H groups in total. The minimum atomic E-state index is 0.645. The van der Waals surface area contributed by atoms with Crippen molar-refractivity contribution in [2.75, 3.05) is 26.2 Å². The quantitative estimate of drug-likeness (QED) is 0.849. The highest BCUT2D eigenvalue weighted by molar-refractivity contribution is 5.85. The predicted octanol–water partition coefficient (Wildman–Crippen LogP) is 2.66. The molecule has 2 heterocycles. The summed E-state index contributed by atoms with van der Waals surface area (Å²) >= 11 is 0. The van der Waals surface area contributed by atoms with Crippen molar-refractivity contribution in [3.05, 3.63) is 40.5 Å². The van der Waals surface area contributed by atoms with Crippen LogP contribution in [-0.2, 0) is 13.1 Å². The first-order valence-corrected chi connectivity index (χ1v) is 8.00. The van der Waals surface area contributed by atoms with Gasteiger partial charge >= 0.3 is 0 Å². The zero-order valence-electron chi connectivity index (χ0n) is 13.8. The summed E-state index contributed by atoms with van der Waals surface area (Å²) in [6, 6.07) is 4.44. The Morgan fingerprint density at radius 3 is 2.95 bits per heavy atom. The molecule has 0 unspecified atom stereocenters. The highest BCUT2D eigenvalue weighted by Gasteiger charge is 2.24. The van der Waals surface area contributed by atoms with Gasteiger partial charge in [0.2, 0.25) is 0 Å². The summed E-state index contributed by atoms with van der Waals surface area (Å²) in [7, 11) is 0. The molecule has 1 aromatic carbocycles. The van der Waals surface area contributed by atoms with Crippen LogP contribution in [0.1, 0.15) is 30.5 Å². The van der Waals surface area contributed by atoms with Gasteiger partial charge in [-0.05, 0) is 44.0 Å². The van der Waals surface area contributed by atoms with Crippen LogP contribution >= 0.6 is 0 Å². The number of amidine groups is 1. The Labute approximate surface area is 132 Å². The number of aliphatic imine (C=N–C) groups is 1. The first-order chi connectivity index (χ1) is 10.6. The first kappa shape index (κ1) is 15.1. The molecule has 2 aliphatic rings. The van der Waals surface area contributed by atoms with E-state index in [-0.39, 0.29) is 0 Å². The van der Waals surface area contributed by atoms with Crippen molar-refractivity contribution in [2.24, 2.45) is 4.99 Å². The van der Waals surface area contributed by atoms with Gasteiger partial charge < -0.3 is 10.1 Å². The average molecular weight is 299 g/mol. The minimum absolute atomic E-state index is 0.645. The van der Waals surface area contributed by atoms with E-state index in [0.717, 1.165) is 44.3 Å². The molecular weight excluding hydrogens is 274 g/mol. The number of aryl methyl sites for hydroxylation is 1. The van der Waals surface area contributed by atoms with E-state index in [1.54, 1.807) is 0 Å². The van der Waals surface area contributed by atoms with Crippen molar-refractivity contribution < 1.29 is 4.74 Å². The largest absolute Gasteiger partial charge is 0.489 e. The van der Waals surface area contributed by atoms with Crippen LogP contribution in [0.25, 0.3) is 0 Å². The number of ether oxygens (including phenoxy) is 1. The van der Waals surface area contributed by atoms with E-state index >= 15 is 0 Å². The van der Waals surface area contributed by atoms with Gasteiger partial charge in [0.25, 0.3) is 0 Å². The van der Waals surface area contributed by atoms with Gasteiger partial charge in [0, 0.05) is 25.2 Å². The number of fused-ring (bicyclic) bond motifs is 1. The molecule has 22 heavy (non-hydrogen) atoms. The zero-order valence-corrected chi connectivity index (χ0v) is 13.8. The van der Waals surface area contributed by atoms with Crippen molar-refractivity contribution >= 4 is 5.84 Å². The lowest BCUT2D eigenvalue weighted by Gasteiger charge is -2.15. The monoisotopic (exact) mass is 299 g/mol. The Morgan fingerprint density at radius 1 is 1.36 bits per heavy atom. The number of hydrogen-bond acceptors (Lipinski definition) is 4. The van der Waals surface area contributed by atoms with Gasteiger partial charge in [-0.1, -0.05) is 11.6 Å². The Balaban J connectivity index is 1.71. The summed E-state index contributed by atoms with van der Waals surface area (Å²) < 4.78 is 6.01. The van der Waals surface area contributed by atoms with E-state index in [0.29, 0.717) is 6.61 Å². The van der Waals surface area contributed by atoms with Crippen molar-refractivity contribution in [3.8, 4) is 5.75 Å². The average Bonchev–Trinajstić information content (AvgIpc) is 3.07. The molecule has 0 spiro atoms. The van der Waals surface area contributed by atoms with Crippen LogP contribution in [0.4, 0.5) is 0 Å². The van der Waals surface area contributed by atoms with E-state index in [2.05, 4.69) is 54.2 Å². The maximum Gasteiger partial charge on any atom is 0.124 e. The Hall–Kier alpha value is -1.81. The molecule has 3 rings (SSSR count). The van der Waals surface area contributed by atoms with Gasteiger partial charge in [-0.3, -0.25) is 9.89 Å². The van der Waals surface area contributed by atoms with Crippen LogP contribution in [0.15, 0.2) is 28.8 Å². The molecular formula is C18H25N3O. The van der Waals surface area contributed by atoms with Crippen molar-refractivity contribution in [1.29, 1.82) is 0 Å². The normalized spacial score (nSPS) is 17.0. The molecule has 4 nitrogen and oxygen atoms in total. The van der Waals surface area contributed by atoms with Crippen molar-refractivity contribution in [1.82, 2.24) is 10.2 Å². The molecule has 2 aliphatic heterocycles. The van der Waals surface area contributed by atoms with E-state index in [1.807, 2.05) is 0 Å². The van der Waals surface area contributed by atoms with Crippen LogP contribution in [0.5, 0.6) is 5.75 Å². The predicted molar refractivity (Wildman–Crippen MR) is 90.5 cm³/mol. The summed E-state index contributed by atoms with van der Waals surface area (Å²) in [6.45, 7) is 11.7. The van der Waals surface area contributed by atoms with Crippen LogP contribution in [0, 0.1) is 6.92 Å². The van der Waals surface area contributed by atoms with Gasteiger partial charge in [-0.25, -0.2) is 0 Å². The first-order valence-electron chi connectivity index (χ1n) is 8.00. The zero-order chi connectivity index (χ0) is 15.5. The second kappa shape index (κ2) is 6.53. The van der Waals surface area contributed by atoms with Gasteiger partial charge in [0.1, 0.15) is 18.2 Å². The van der Waals surface area contributed by atoms with E-state index < -0.39 is 0 Å².